The van der Waals surface area contributed by atoms with Crippen molar-refractivity contribution in [1.82, 2.24) is 0 Å². The Bertz CT molecular complexity index is 252. The van der Waals surface area contributed by atoms with E-state index in [-0.39, 0.29) is 7.92 Å². The van der Waals surface area contributed by atoms with Gasteiger partial charge in [0.1, 0.15) is 0 Å². The van der Waals surface area contributed by atoms with Gasteiger partial charge in [-0.1, -0.05) is 46.3 Å². The van der Waals surface area contributed by atoms with Crippen LogP contribution in [0.4, 0.5) is 0 Å². The number of hydrogen-bond donors (Lipinski definition) is 0. The van der Waals surface area contributed by atoms with Crippen molar-refractivity contribution in [2.24, 2.45) is 5.92 Å². The third-order valence-corrected chi connectivity index (χ3v) is 8.56. The molecule has 0 heterocycles. The molecule has 0 saturated carbocycles. The van der Waals surface area contributed by atoms with Crippen molar-refractivity contribution >= 4 is 7.92 Å². The topological polar surface area (TPSA) is 0 Å². The van der Waals surface area contributed by atoms with Gasteiger partial charge in [-0.25, -0.2) is 0 Å². The average Bonchev–Trinajstić information content (AvgIpc) is 2.46. The van der Waals surface area contributed by atoms with Crippen LogP contribution in [0.2, 0.25) is 0 Å². The summed E-state index contributed by atoms with van der Waals surface area (Å²) in [6, 6.07) is 0. The maximum absolute atomic E-state index is 4.03. The van der Waals surface area contributed by atoms with Crippen molar-refractivity contribution < 1.29 is 0 Å². The molecule has 0 bridgehead atoms. The van der Waals surface area contributed by atoms with E-state index >= 15 is 0 Å². The number of allylic oxidation sites excluding steroid dienone is 2. The molecule has 2 atom stereocenters. The summed E-state index contributed by atoms with van der Waals surface area (Å²) in [5, 5.41) is 0.556. The minimum atomic E-state index is 0.131. The van der Waals surface area contributed by atoms with Crippen molar-refractivity contribution in [1.29, 1.82) is 0 Å². The highest BCUT2D eigenvalue weighted by Crippen LogP contribution is 2.57. The molecule has 0 aromatic heterocycles. The van der Waals surface area contributed by atoms with E-state index in [1.807, 2.05) is 0 Å². The van der Waals surface area contributed by atoms with Gasteiger partial charge in [-0.3, -0.25) is 0 Å². The summed E-state index contributed by atoms with van der Waals surface area (Å²) in [6.07, 6.45) is 16.3. The molecule has 0 aliphatic heterocycles. The Morgan fingerprint density at radius 3 is 2.15 bits per heavy atom. The zero-order valence-electron chi connectivity index (χ0n) is 14.5. The second-order valence-electron chi connectivity index (χ2n) is 6.18. The maximum atomic E-state index is 4.03. The van der Waals surface area contributed by atoms with E-state index in [0.29, 0.717) is 5.16 Å². The summed E-state index contributed by atoms with van der Waals surface area (Å²) < 4.78 is 0. The average molecular weight is 296 g/mol. The van der Waals surface area contributed by atoms with Crippen molar-refractivity contribution in [2.75, 3.05) is 12.3 Å². The van der Waals surface area contributed by atoms with E-state index in [2.05, 4.69) is 53.0 Å². The maximum Gasteiger partial charge on any atom is -0.00653 e. The summed E-state index contributed by atoms with van der Waals surface area (Å²) in [6.45, 7) is 17.4. The minimum Gasteiger partial charge on any atom is -0.103 e. The van der Waals surface area contributed by atoms with Crippen LogP contribution in [0.3, 0.4) is 0 Å². The molecule has 0 aromatic carbocycles. The summed E-state index contributed by atoms with van der Waals surface area (Å²) in [5.74, 6) is 0.800. The van der Waals surface area contributed by atoms with Crippen molar-refractivity contribution in [3.63, 3.8) is 0 Å². The molecule has 20 heavy (non-hydrogen) atoms. The molecule has 0 aromatic rings. The van der Waals surface area contributed by atoms with Gasteiger partial charge < -0.3 is 0 Å². The number of rotatable bonds is 13. The molecule has 0 spiro atoms. The Kier molecular flexibility index (Phi) is 11.5. The predicted octanol–water partition coefficient (Wildman–Crippen LogP) is 7.01. The normalized spacial score (nSPS) is 14.8. The van der Waals surface area contributed by atoms with Gasteiger partial charge in [0.2, 0.25) is 0 Å². The fourth-order valence-corrected chi connectivity index (χ4v) is 7.00. The lowest BCUT2D eigenvalue weighted by Crippen LogP contribution is -2.27. The fourth-order valence-electron chi connectivity index (χ4n) is 3.10. The zero-order chi connectivity index (χ0) is 15.4. The Balaban J connectivity index is 4.79. The van der Waals surface area contributed by atoms with E-state index in [4.69, 9.17) is 0 Å². The lowest BCUT2D eigenvalue weighted by Gasteiger charge is -2.40. The van der Waals surface area contributed by atoms with Crippen LogP contribution in [0, 0.1) is 5.92 Å². The highest BCUT2D eigenvalue weighted by atomic mass is 31.1. The second kappa shape index (κ2) is 11.6. The molecule has 1 heteroatoms. The Labute approximate surface area is 129 Å². The summed E-state index contributed by atoms with van der Waals surface area (Å²) in [4.78, 5) is 0. The monoisotopic (exact) mass is 296 g/mol. The van der Waals surface area contributed by atoms with Crippen LogP contribution < -0.4 is 0 Å². The van der Waals surface area contributed by atoms with Gasteiger partial charge >= 0.3 is 0 Å². The number of unbranched alkanes of at least 4 members (excludes halogenated alkanes) is 1. The molecule has 0 nitrogen and oxygen atoms in total. The molecule has 2 unspecified atom stereocenters. The Morgan fingerprint density at radius 2 is 1.70 bits per heavy atom. The van der Waals surface area contributed by atoms with Gasteiger partial charge in [-0.05, 0) is 61.9 Å². The summed E-state index contributed by atoms with van der Waals surface area (Å²) in [5.41, 5.74) is 0. The molecule has 0 fully saturated rings. The molecule has 118 valence electrons. The quantitative estimate of drug-likeness (QED) is 0.253. The van der Waals surface area contributed by atoms with Crippen LogP contribution in [0.15, 0.2) is 25.3 Å². The van der Waals surface area contributed by atoms with Crippen LogP contribution >= 0.6 is 7.92 Å². The van der Waals surface area contributed by atoms with Gasteiger partial charge in [-0.15, -0.1) is 21.1 Å². The molecule has 0 aliphatic rings. The summed E-state index contributed by atoms with van der Waals surface area (Å²) >= 11 is 0. The van der Waals surface area contributed by atoms with Crippen LogP contribution in [0.5, 0.6) is 0 Å². The lowest BCUT2D eigenvalue weighted by atomic mass is 9.98. The van der Waals surface area contributed by atoms with Gasteiger partial charge in [0.05, 0.1) is 0 Å². The Hall–Kier alpha value is -0.0900. The smallest absolute Gasteiger partial charge is 0.00653 e. The second-order valence-corrected chi connectivity index (χ2v) is 9.11. The first kappa shape index (κ1) is 19.9. The van der Waals surface area contributed by atoms with Crippen LogP contribution in [-0.4, -0.2) is 17.5 Å². The van der Waals surface area contributed by atoms with Crippen LogP contribution in [0.1, 0.15) is 72.6 Å². The van der Waals surface area contributed by atoms with Gasteiger partial charge in [0, 0.05) is 0 Å². The highest BCUT2D eigenvalue weighted by Gasteiger charge is 2.33. The summed E-state index contributed by atoms with van der Waals surface area (Å²) in [7, 11) is 0.131. The van der Waals surface area contributed by atoms with E-state index in [1.165, 1.54) is 57.3 Å². The molecule has 0 amide bonds. The van der Waals surface area contributed by atoms with Crippen LogP contribution in [0.25, 0.3) is 0 Å². The largest absolute Gasteiger partial charge is 0.103 e. The molecule has 0 radical (unpaired) electrons. The standard InChI is InChI=1S/C19H37P/c1-7-12-16-20(17-14-18(6)13-8-2)19(10-4,11-5)15-9-3/h8-9,18H,2-3,7,10-17H2,1,4-6H3. The third kappa shape index (κ3) is 6.57. The van der Waals surface area contributed by atoms with E-state index < -0.39 is 0 Å². The zero-order valence-corrected chi connectivity index (χ0v) is 15.4. The minimum absolute atomic E-state index is 0.131. The third-order valence-electron chi connectivity index (χ3n) is 4.75. The first-order valence-corrected chi connectivity index (χ1v) is 10.3. The molecule has 0 saturated heterocycles. The van der Waals surface area contributed by atoms with Crippen molar-refractivity contribution in [3.8, 4) is 0 Å². The highest BCUT2D eigenvalue weighted by molar-refractivity contribution is 7.59. The van der Waals surface area contributed by atoms with Crippen molar-refractivity contribution in [2.45, 2.75) is 77.8 Å². The van der Waals surface area contributed by atoms with Gasteiger partial charge in [0.25, 0.3) is 0 Å². The Morgan fingerprint density at radius 1 is 1.05 bits per heavy atom. The van der Waals surface area contributed by atoms with Crippen molar-refractivity contribution in [3.05, 3.63) is 25.3 Å². The van der Waals surface area contributed by atoms with Crippen LogP contribution in [-0.2, 0) is 0 Å². The lowest BCUT2D eigenvalue weighted by molar-refractivity contribution is 0.529. The van der Waals surface area contributed by atoms with E-state index in [9.17, 15) is 0 Å². The fraction of sp³-hybridized carbons (Fsp3) is 0.789. The molecular formula is C19H37P. The van der Waals surface area contributed by atoms with Gasteiger partial charge in [0.15, 0.2) is 0 Å². The molecule has 0 N–H and O–H groups in total. The molecule has 0 aliphatic carbocycles. The number of hydrogen-bond acceptors (Lipinski definition) is 0. The van der Waals surface area contributed by atoms with Gasteiger partial charge in [-0.2, -0.15) is 0 Å². The predicted molar refractivity (Wildman–Crippen MR) is 98.3 cm³/mol. The van der Waals surface area contributed by atoms with E-state index in [0.717, 1.165) is 5.92 Å². The first-order chi connectivity index (χ1) is 9.60. The van der Waals surface area contributed by atoms with E-state index in [1.54, 1.807) is 0 Å². The SMILES string of the molecule is C=CCC(C)CCP(CCCC)C(CC)(CC)CC=C. The first-order valence-electron chi connectivity index (χ1n) is 8.56. The molecular weight excluding hydrogens is 259 g/mol. The molecule has 0 rings (SSSR count).